The number of fused-ring (bicyclic) bond motifs is 1. The largest absolute Gasteiger partial charge is 0.491 e. The van der Waals surface area contributed by atoms with Gasteiger partial charge >= 0.3 is 5.97 Å². The van der Waals surface area contributed by atoms with Crippen LogP contribution in [0.5, 0.6) is 5.75 Å². The van der Waals surface area contributed by atoms with Crippen molar-refractivity contribution in [2.24, 2.45) is 17.8 Å². The fourth-order valence-electron chi connectivity index (χ4n) is 5.04. The zero-order valence-corrected chi connectivity index (χ0v) is 23.0. The van der Waals surface area contributed by atoms with E-state index in [1.54, 1.807) is 0 Å². The van der Waals surface area contributed by atoms with E-state index in [9.17, 15) is 9.59 Å². The number of allylic oxidation sites excluding steroid dienone is 3. The van der Waals surface area contributed by atoms with Gasteiger partial charge in [0.25, 0.3) is 0 Å². The Labute approximate surface area is 211 Å². The summed E-state index contributed by atoms with van der Waals surface area (Å²) in [6.07, 6.45) is 11.8. The number of carboxylic acids is 1. The number of benzene rings is 1. The molecular formula is C29H42O5Si. The second-order valence-electron chi connectivity index (χ2n) is 11.6. The summed E-state index contributed by atoms with van der Waals surface area (Å²) in [6.45, 7) is 11.8. The normalized spacial score (nSPS) is 24.6. The Morgan fingerprint density at radius 1 is 1.14 bits per heavy atom. The van der Waals surface area contributed by atoms with Gasteiger partial charge < -0.3 is 14.3 Å². The summed E-state index contributed by atoms with van der Waals surface area (Å²) in [5, 5.41) is 8.89. The molecule has 35 heavy (non-hydrogen) atoms. The molecule has 1 aromatic rings. The molecule has 0 unspecified atom stereocenters. The summed E-state index contributed by atoms with van der Waals surface area (Å²) in [5.41, 5.74) is 1.39. The SMILES string of the molecule is CC(C)(C)[Si](C)(C)O[C@@H](/C=C/[C@H]1CC[C@H]2C/C(=C\CCC(=O)C(=O)O)C[C@@H]21)COc1ccccc1. The van der Waals surface area contributed by atoms with Gasteiger partial charge in [0.05, 0.1) is 6.10 Å². The smallest absolute Gasteiger partial charge is 0.372 e. The van der Waals surface area contributed by atoms with Gasteiger partial charge in [0.1, 0.15) is 12.4 Å². The van der Waals surface area contributed by atoms with Crippen LogP contribution in [0.4, 0.5) is 0 Å². The first-order valence-electron chi connectivity index (χ1n) is 12.9. The summed E-state index contributed by atoms with van der Waals surface area (Å²) in [6, 6.07) is 9.91. The summed E-state index contributed by atoms with van der Waals surface area (Å²) in [5.74, 6) is 0.656. The fraction of sp³-hybridized carbons (Fsp3) is 0.586. The third-order valence-corrected chi connectivity index (χ3v) is 12.6. The summed E-state index contributed by atoms with van der Waals surface area (Å²) in [7, 11) is -1.96. The Morgan fingerprint density at radius 3 is 2.51 bits per heavy atom. The van der Waals surface area contributed by atoms with Crippen LogP contribution in [-0.4, -0.2) is 37.9 Å². The van der Waals surface area contributed by atoms with Gasteiger partial charge in [-0.15, -0.1) is 0 Å². The minimum atomic E-state index is -1.96. The highest BCUT2D eigenvalue weighted by atomic mass is 28.4. The second kappa shape index (κ2) is 11.7. The maximum Gasteiger partial charge on any atom is 0.372 e. The number of aliphatic carboxylic acids is 1. The molecule has 0 saturated heterocycles. The molecule has 0 spiro atoms. The molecule has 0 heterocycles. The van der Waals surface area contributed by atoms with Crippen molar-refractivity contribution in [3.05, 3.63) is 54.1 Å². The molecule has 2 aliphatic carbocycles. The van der Waals surface area contributed by atoms with Crippen molar-refractivity contribution in [1.29, 1.82) is 0 Å². The molecule has 1 aromatic carbocycles. The molecule has 0 amide bonds. The van der Waals surface area contributed by atoms with E-state index in [1.807, 2.05) is 30.3 Å². The Morgan fingerprint density at radius 2 is 1.86 bits per heavy atom. The van der Waals surface area contributed by atoms with Gasteiger partial charge in [0.2, 0.25) is 5.78 Å². The molecule has 2 aliphatic rings. The van der Waals surface area contributed by atoms with Crippen LogP contribution >= 0.6 is 0 Å². The highest BCUT2D eigenvalue weighted by Gasteiger charge is 2.41. The predicted octanol–water partition coefficient (Wildman–Crippen LogP) is 6.81. The van der Waals surface area contributed by atoms with E-state index in [-0.39, 0.29) is 17.6 Å². The van der Waals surface area contributed by atoms with Crippen molar-refractivity contribution >= 4 is 20.1 Å². The lowest BCUT2D eigenvalue weighted by molar-refractivity contribution is -0.149. The zero-order chi connectivity index (χ0) is 25.6. The minimum Gasteiger partial charge on any atom is -0.491 e. The van der Waals surface area contributed by atoms with Gasteiger partial charge in [-0.2, -0.15) is 0 Å². The highest BCUT2D eigenvalue weighted by molar-refractivity contribution is 6.74. The van der Waals surface area contributed by atoms with Crippen LogP contribution in [0.1, 0.15) is 59.3 Å². The van der Waals surface area contributed by atoms with Gasteiger partial charge in [-0.1, -0.05) is 62.8 Å². The topological polar surface area (TPSA) is 72.8 Å². The zero-order valence-electron chi connectivity index (χ0n) is 22.0. The molecule has 3 rings (SSSR count). The van der Waals surface area contributed by atoms with E-state index >= 15 is 0 Å². The van der Waals surface area contributed by atoms with Crippen LogP contribution in [0, 0.1) is 17.8 Å². The van der Waals surface area contributed by atoms with Gasteiger partial charge in [0, 0.05) is 6.42 Å². The fourth-order valence-corrected chi connectivity index (χ4v) is 6.30. The van der Waals surface area contributed by atoms with Gasteiger partial charge in [-0.05, 0) is 80.1 Å². The first-order valence-corrected chi connectivity index (χ1v) is 15.8. The second-order valence-corrected chi connectivity index (χ2v) is 16.4. The lowest BCUT2D eigenvalue weighted by Gasteiger charge is -2.38. The standard InChI is InChI=1S/C29H42O5Si/c1-29(2,3)35(4,5)34-25(20-33-24-11-7-6-8-12-24)17-16-22-14-15-23-18-21(19-26(22)23)10-9-13-27(30)28(31)32/h6-8,10-12,16-17,22-23,25-26H,9,13-15,18-20H2,1-5H3,(H,31,32)/b17-16+,21-10+/t22-,23+,25+,26-/m1/s1. The van der Waals surface area contributed by atoms with E-state index in [0.717, 1.165) is 18.6 Å². The van der Waals surface area contributed by atoms with Crippen LogP contribution in [-0.2, 0) is 14.0 Å². The number of ether oxygens (including phenoxy) is 1. The van der Waals surface area contributed by atoms with Crippen LogP contribution in [0.25, 0.3) is 0 Å². The number of carboxylic acid groups (broad SMARTS) is 1. The van der Waals surface area contributed by atoms with Crippen molar-refractivity contribution in [2.45, 2.75) is 83.5 Å². The van der Waals surface area contributed by atoms with Crippen LogP contribution in [0.15, 0.2) is 54.1 Å². The number of hydrogen-bond acceptors (Lipinski definition) is 4. The lowest BCUT2D eigenvalue weighted by atomic mass is 9.91. The maximum atomic E-state index is 11.4. The molecule has 0 bridgehead atoms. The van der Waals surface area contributed by atoms with Crippen molar-refractivity contribution < 1.29 is 23.9 Å². The van der Waals surface area contributed by atoms with Gasteiger partial charge in [-0.3, -0.25) is 4.79 Å². The number of carbonyl (C=O) groups excluding carboxylic acids is 1. The van der Waals surface area contributed by atoms with Crippen molar-refractivity contribution in [3.8, 4) is 5.75 Å². The van der Waals surface area contributed by atoms with Crippen LogP contribution < -0.4 is 4.74 Å². The Hall–Kier alpha value is -2.18. The summed E-state index contributed by atoms with van der Waals surface area (Å²) >= 11 is 0. The first-order chi connectivity index (χ1) is 16.5. The molecule has 1 N–H and O–H groups in total. The molecule has 0 aliphatic heterocycles. The first kappa shape index (κ1) is 27.4. The molecule has 0 radical (unpaired) electrons. The van der Waals surface area contributed by atoms with Crippen LogP contribution in [0.3, 0.4) is 0 Å². The van der Waals surface area contributed by atoms with Crippen molar-refractivity contribution in [3.63, 3.8) is 0 Å². The Bertz CT molecular complexity index is 928. The molecule has 192 valence electrons. The summed E-state index contributed by atoms with van der Waals surface area (Å²) < 4.78 is 12.8. The molecular weight excluding hydrogens is 456 g/mol. The Kier molecular flexibility index (Phi) is 9.16. The van der Waals surface area contributed by atoms with Gasteiger partial charge in [-0.25, -0.2) is 4.79 Å². The average molecular weight is 499 g/mol. The molecule has 0 aromatic heterocycles. The van der Waals surface area contributed by atoms with Gasteiger partial charge in [0.15, 0.2) is 8.32 Å². The van der Waals surface area contributed by atoms with E-state index in [0.29, 0.717) is 30.8 Å². The number of rotatable bonds is 11. The van der Waals surface area contributed by atoms with Crippen molar-refractivity contribution in [1.82, 2.24) is 0 Å². The number of hydrogen-bond donors (Lipinski definition) is 1. The summed E-state index contributed by atoms with van der Waals surface area (Å²) in [4.78, 5) is 22.1. The third kappa shape index (κ3) is 7.65. The van der Waals surface area contributed by atoms with Crippen molar-refractivity contribution in [2.75, 3.05) is 6.61 Å². The number of Topliss-reactive ketones (excluding diaryl/α,β-unsaturated/α-hetero) is 1. The molecule has 2 fully saturated rings. The molecule has 5 nitrogen and oxygen atoms in total. The Balaban J connectivity index is 1.63. The van der Waals surface area contributed by atoms with E-state index in [1.165, 1.54) is 18.4 Å². The number of ketones is 1. The van der Waals surface area contributed by atoms with Crippen LogP contribution in [0.2, 0.25) is 18.1 Å². The molecule has 6 heteroatoms. The van der Waals surface area contributed by atoms with E-state index < -0.39 is 20.1 Å². The highest BCUT2D eigenvalue weighted by Crippen LogP contribution is 2.50. The third-order valence-electron chi connectivity index (χ3n) is 8.07. The number of para-hydroxylation sites is 1. The number of carbonyl (C=O) groups is 2. The van der Waals surface area contributed by atoms with E-state index in [2.05, 4.69) is 52.1 Å². The maximum absolute atomic E-state index is 11.4. The monoisotopic (exact) mass is 498 g/mol. The minimum absolute atomic E-state index is 0.0887. The quantitative estimate of drug-likeness (QED) is 0.206. The average Bonchev–Trinajstić information content (AvgIpc) is 3.36. The molecule has 2 saturated carbocycles. The lowest BCUT2D eigenvalue weighted by Crippen LogP contribution is -2.44. The predicted molar refractivity (Wildman–Crippen MR) is 142 cm³/mol. The van der Waals surface area contributed by atoms with E-state index in [4.69, 9.17) is 14.3 Å². The molecule has 4 atom stereocenters.